The average molecular weight is 2210 g/mol. The van der Waals surface area contributed by atoms with Crippen molar-refractivity contribution in [2.24, 2.45) is 11.7 Å². The van der Waals surface area contributed by atoms with Crippen LogP contribution in [0.1, 0.15) is 182 Å². The summed E-state index contributed by atoms with van der Waals surface area (Å²) in [5, 5.41) is 49.8. The van der Waals surface area contributed by atoms with E-state index in [4.69, 9.17) is 54.2 Å². The van der Waals surface area contributed by atoms with E-state index < -0.39 is 54.3 Å². The number of hydrogen-bond donors (Lipinski definition) is 8. The van der Waals surface area contributed by atoms with Crippen LogP contribution in [0.25, 0.3) is 0 Å². The molecule has 0 radical (unpaired) electrons. The first kappa shape index (κ1) is 123. The van der Waals surface area contributed by atoms with Crippen molar-refractivity contribution in [3.8, 4) is 0 Å². The molecule has 3 aliphatic rings. The van der Waals surface area contributed by atoms with Crippen molar-refractivity contribution in [2.75, 3.05) is 120 Å². The number of morpholine rings is 3. The summed E-state index contributed by atoms with van der Waals surface area (Å²) in [5.74, 6) is -3.89. The summed E-state index contributed by atoms with van der Waals surface area (Å²) in [6.45, 7) is 26.6. The predicted octanol–water partition coefficient (Wildman–Crippen LogP) is 10.5. The smallest absolute Gasteiger partial charge is 0.548 e. The number of carboxylic acid groups (broad SMARTS) is 3. The maximum Gasteiger partial charge on any atom is 1.00 e. The minimum absolute atomic E-state index is 0. The molecule has 0 aliphatic carbocycles. The van der Waals surface area contributed by atoms with E-state index in [9.17, 15) is 43.5 Å². The summed E-state index contributed by atoms with van der Waals surface area (Å²) >= 11 is 7.69. The second-order valence-corrected chi connectivity index (χ2v) is 40.4. The van der Waals surface area contributed by atoms with Gasteiger partial charge in [0.1, 0.15) is 13.2 Å². The molecule has 8 heterocycles. The Hall–Kier alpha value is -8.78. The molecule has 5 aromatic heterocycles. The number of carbonyl (C=O) groups excluding carboxylic acids is 8. The Morgan fingerprint density at radius 3 is 1.08 bits per heavy atom. The topological polar surface area (TPSA) is 450 Å². The Morgan fingerprint density at radius 1 is 0.441 bits per heavy atom. The number of aromatic nitrogens is 5. The van der Waals surface area contributed by atoms with E-state index in [1.807, 2.05) is 88.9 Å². The zero-order valence-corrected chi connectivity index (χ0v) is 93.4. The molecule has 9 aromatic rings. The molecule has 0 unspecified atom stereocenters. The number of nitrogens with zero attached hydrogens (tertiary/aromatic N) is 11. The van der Waals surface area contributed by atoms with Gasteiger partial charge in [-0.2, -0.15) is 0 Å². The number of halogens is 1. The van der Waals surface area contributed by atoms with Gasteiger partial charge in [-0.05, 0) is 106 Å². The van der Waals surface area contributed by atoms with E-state index in [1.165, 1.54) is 45.6 Å². The molecule has 143 heavy (non-hydrogen) atoms. The predicted molar refractivity (Wildman–Crippen MR) is 561 cm³/mol. The van der Waals surface area contributed by atoms with Crippen LogP contribution >= 0.6 is 80.7 Å². The van der Waals surface area contributed by atoms with Gasteiger partial charge in [-0.15, -0.1) is 80.7 Å². The second-order valence-electron chi connectivity index (χ2n) is 35.8. The number of alkyl carbamates (subject to hydrolysis) is 2. The SMILES string of the molecule is CC(=O)[C@H](CCN1CCOCC1)NC(=O)N(C)Cc1csc(C(C)C)n1.CC(C)c1nc(CN(C)C(=O)N[C@@H](CCN2CCOCC2)C(=O)C[C@H](CC[C@H](Cc2ccccc2)NC(=O)OCc2cncs2)Cc2ccccc2)cs1.CC(C)c1nc(CN(C)C(=O)N[C@@H](CCN2CCOCC2)C(=O)[O-])cs1.I.N[C@H](CC[C@H](Cc1ccccc1)NC(=O)OCc1cncs1)Cc1ccccc1.O=C(O)C(=O)O.[K+]. The van der Waals surface area contributed by atoms with E-state index >= 15 is 0 Å². The molecule has 4 aromatic carbocycles. The van der Waals surface area contributed by atoms with Gasteiger partial charge in [0.15, 0.2) is 11.6 Å². The molecule has 0 saturated carbocycles. The van der Waals surface area contributed by atoms with Gasteiger partial charge in [0.05, 0.1) is 136 Å². The van der Waals surface area contributed by atoms with Crippen molar-refractivity contribution in [2.45, 2.75) is 212 Å². The zero-order chi connectivity index (χ0) is 102. The van der Waals surface area contributed by atoms with Crippen molar-refractivity contribution < 1.29 is 138 Å². The largest absolute Gasteiger partial charge is 1.00 e. The van der Waals surface area contributed by atoms with Gasteiger partial charge in [-0.1, -0.05) is 163 Å². The van der Waals surface area contributed by atoms with E-state index in [1.54, 1.807) is 88.4 Å². The third kappa shape index (κ3) is 49.5. The number of Topliss-reactive ketones (excluding diaryl/α,β-unsaturated/α-hetero) is 2. The third-order valence-corrected chi connectivity index (χ3v) is 28.2. The fourth-order valence-corrected chi connectivity index (χ4v) is 18.6. The first-order chi connectivity index (χ1) is 67.8. The van der Waals surface area contributed by atoms with Crippen molar-refractivity contribution in [3.05, 3.63) is 225 Å². The summed E-state index contributed by atoms with van der Waals surface area (Å²) in [4.78, 5) is 154. The number of thiazole rings is 5. The minimum Gasteiger partial charge on any atom is -0.548 e. The number of nitrogens with one attached hydrogen (secondary N) is 5. The van der Waals surface area contributed by atoms with Gasteiger partial charge >= 0.3 is 93.6 Å². The van der Waals surface area contributed by atoms with Gasteiger partial charge in [-0.25, -0.2) is 48.5 Å². The second kappa shape index (κ2) is 68.6. The third-order valence-electron chi connectivity index (χ3n) is 23.1. The van der Waals surface area contributed by atoms with E-state index in [0.29, 0.717) is 128 Å². The summed E-state index contributed by atoms with van der Waals surface area (Å²) in [5.41, 5.74) is 17.0. The normalized spacial score (nSPS) is 14.6. The molecular weight excluding hydrogens is 2070 g/mol. The van der Waals surface area contributed by atoms with E-state index in [-0.39, 0.29) is 136 Å². The number of hydrogen-bond acceptors (Lipinski definition) is 30. The molecule has 776 valence electrons. The first-order valence-corrected chi connectivity index (χ1v) is 52.2. The van der Waals surface area contributed by atoms with Crippen LogP contribution in [0.5, 0.6) is 0 Å². The van der Waals surface area contributed by atoms with Crippen LogP contribution < -0.4 is 88.8 Å². The van der Waals surface area contributed by atoms with Crippen LogP contribution in [0, 0.1) is 5.92 Å². The summed E-state index contributed by atoms with van der Waals surface area (Å²) in [6.07, 6.45) is 10.1. The van der Waals surface area contributed by atoms with Crippen molar-refractivity contribution >= 4 is 140 Å². The van der Waals surface area contributed by atoms with Gasteiger partial charge in [0.25, 0.3) is 0 Å². The Kier molecular flexibility index (Phi) is 59.0. The van der Waals surface area contributed by atoms with Crippen LogP contribution in [0.15, 0.2) is 161 Å². The number of amides is 8. The molecule has 8 amide bonds. The maximum atomic E-state index is 14.3. The van der Waals surface area contributed by atoms with Gasteiger partial charge in [-0.3, -0.25) is 34.3 Å². The number of carboxylic acids is 3. The maximum absolute atomic E-state index is 14.3. The Morgan fingerprint density at radius 2 is 0.762 bits per heavy atom. The first-order valence-electron chi connectivity index (χ1n) is 47.8. The number of ketones is 2. The summed E-state index contributed by atoms with van der Waals surface area (Å²) in [7, 11) is 5.09. The van der Waals surface area contributed by atoms with Crippen molar-refractivity contribution in [3.63, 3.8) is 0 Å². The molecule has 9 N–H and O–H groups in total. The molecule has 3 saturated heterocycles. The van der Waals surface area contributed by atoms with E-state index in [0.717, 1.165) is 138 Å². The molecule has 0 bridgehead atoms. The quantitative estimate of drug-likeness (QED) is 0.00998. The Balaban J connectivity index is 0.000000301. The van der Waals surface area contributed by atoms with Crippen molar-refractivity contribution in [1.29, 1.82) is 0 Å². The van der Waals surface area contributed by atoms with Gasteiger partial charge in [0, 0.05) is 151 Å². The standard InChI is InChI=1S/C41H54N6O5S2.C23H27N3O2S.C18H30N4O3S.C17H28N4O4S.C2H2O4.HI.K/c1-30(2)39-43-35(28-53-39)26-46(3)40(49)45-37(16-17-47-18-20-51-21-19-47)38(48)24-33(22-31-10-6-4-7-11-31)14-15-34(23-32-12-8-5-9-13-32)44-41(50)52-27-36-25-42-29-54-36;24-20(13-18-7-3-1-4-8-18)11-12-21(14-19-9-5-2-6-10-19)26-23(27)28-16-22-15-25-17-29-22;1-13(2)17-19-15(12-26-17)11-21(4)18(24)20-16(14(3)23)5-6-22-7-9-25-10-8-22;1-12(2)15-18-13(11-26-15)10-20(3)17(24)19-14(16(22)23)4-5-21-6-8-25-9-7-21;3-1(4)2(5)6;;/h4-13,25,28-30,33-34,37H,14-24,26-27H2,1-3H3,(H,44,50)(H,45,49);1-10,15,17,20-21H,11-14,16,24H2,(H,26,27);12-13,16H,5-11H2,1-4H3,(H,20,24);11-12,14H,4-10H2,1-3H3,(H,19,24)(H,22,23);(H,3,4)(H,5,6);1H;/q;;;;;;+1/p-1/t33-,34-,37+;20-,21-;16-;14-;;;/m1100.../s1. The van der Waals surface area contributed by atoms with Crippen LogP contribution in [0.4, 0.5) is 24.0 Å². The molecule has 42 heteroatoms. The number of benzene rings is 4. The monoisotopic (exact) mass is 2210 g/mol. The van der Waals surface area contributed by atoms with E-state index in [2.05, 4.69) is 151 Å². The molecule has 7 atom stereocenters. The molecule has 12 rings (SSSR count). The number of urea groups is 3. The number of nitrogens with two attached hydrogens (primary N) is 1. The van der Waals surface area contributed by atoms with Crippen LogP contribution in [0.2, 0.25) is 0 Å². The number of aliphatic carboxylic acids is 3. The number of rotatable bonds is 46. The molecule has 3 aliphatic heterocycles. The van der Waals surface area contributed by atoms with Gasteiger partial charge < -0.3 is 90.8 Å². The zero-order valence-electron chi connectivity index (χ0n) is 83.9. The van der Waals surface area contributed by atoms with Crippen LogP contribution in [-0.2, 0) is 106 Å². The van der Waals surface area contributed by atoms with Gasteiger partial charge in [0.2, 0.25) is 0 Å². The number of carbonyl (C=O) groups is 10. The molecule has 0 spiro atoms. The Labute approximate surface area is 919 Å². The minimum atomic E-state index is -1.82. The van der Waals surface area contributed by atoms with Crippen LogP contribution in [-0.4, -0.2) is 280 Å². The molecule has 3 fully saturated rings. The fraction of sp³-hybridized carbons (Fsp3) is 0.515. The summed E-state index contributed by atoms with van der Waals surface area (Å²) in [6, 6.07) is 37.4. The summed E-state index contributed by atoms with van der Waals surface area (Å²) < 4.78 is 27.0. The van der Waals surface area contributed by atoms with Crippen LogP contribution in [0.3, 0.4) is 0 Å². The molecule has 35 nitrogen and oxygen atoms in total. The fourth-order valence-electron chi connectivity index (χ4n) is 15.1. The van der Waals surface area contributed by atoms with Crippen molar-refractivity contribution in [1.82, 2.24) is 80.9 Å². The number of ether oxygens (including phenoxy) is 5. The average Bonchev–Trinajstić information content (AvgIpc) is 1.70. The molecular formula is C101H141IKN17O18S5. The Bertz CT molecular complexity index is 5030.